The number of hydroxylamine groups is 2. The number of amides is 3. The summed E-state index contributed by atoms with van der Waals surface area (Å²) in [6.45, 7) is 2.15. The largest absolute Gasteiger partial charge is 0.534 e. The van der Waals surface area contributed by atoms with Crippen LogP contribution in [0, 0.1) is 5.92 Å². The molecule has 1 saturated heterocycles. The second-order valence-corrected chi connectivity index (χ2v) is 7.09. The molecule has 0 spiro atoms. The standard InChI is InChI=1S/C20H28N2O8/c1-2-28-19(26)11-12-21-16(23)13-14-7-5-3-4-6-8-15(14)29-20(27)30-22-17(24)9-10-18(22)25/h6,8,14-15H,2-5,7,9-13H2,1H3,(H,21,23)/b8-6+. The molecule has 0 bridgehead atoms. The molecule has 1 aliphatic heterocycles. The molecular formula is C20H28N2O8. The fraction of sp³-hybridized carbons (Fsp3) is 0.650. The van der Waals surface area contributed by atoms with Crippen molar-refractivity contribution in [1.82, 2.24) is 10.4 Å². The first kappa shape index (κ1) is 23.4. The molecule has 3 amide bonds. The van der Waals surface area contributed by atoms with Gasteiger partial charge in [0.05, 0.1) is 13.0 Å². The van der Waals surface area contributed by atoms with Crippen molar-refractivity contribution in [2.45, 2.75) is 64.4 Å². The van der Waals surface area contributed by atoms with Crippen LogP contribution in [-0.4, -0.2) is 54.2 Å². The number of nitrogens with one attached hydrogen (secondary N) is 1. The molecule has 0 aromatic heterocycles. The molecule has 30 heavy (non-hydrogen) atoms. The summed E-state index contributed by atoms with van der Waals surface area (Å²) >= 11 is 0. The maximum atomic E-state index is 12.3. The van der Waals surface area contributed by atoms with E-state index in [0.717, 1.165) is 19.3 Å². The minimum Gasteiger partial charge on any atom is -0.466 e. The average molecular weight is 424 g/mol. The first-order chi connectivity index (χ1) is 14.4. The SMILES string of the molecule is CCOC(=O)CCNC(=O)CC1CCCC/C=C/C1OC(=O)ON1C(=O)CCC1=O. The van der Waals surface area contributed by atoms with Crippen molar-refractivity contribution in [3.8, 4) is 0 Å². The van der Waals surface area contributed by atoms with Gasteiger partial charge in [-0.1, -0.05) is 17.6 Å². The maximum Gasteiger partial charge on any atom is 0.534 e. The van der Waals surface area contributed by atoms with E-state index in [-0.39, 0.29) is 56.6 Å². The van der Waals surface area contributed by atoms with Gasteiger partial charge in [-0.15, -0.1) is 0 Å². The Kier molecular flexibility index (Phi) is 9.30. The average Bonchev–Trinajstić information content (AvgIpc) is 2.99. The highest BCUT2D eigenvalue weighted by Gasteiger charge is 2.35. The lowest BCUT2D eigenvalue weighted by Gasteiger charge is -2.26. The smallest absolute Gasteiger partial charge is 0.466 e. The number of carbonyl (C=O) groups is 5. The van der Waals surface area contributed by atoms with Crippen molar-refractivity contribution in [3.63, 3.8) is 0 Å². The second kappa shape index (κ2) is 11.9. The van der Waals surface area contributed by atoms with Gasteiger partial charge in [-0.05, 0) is 32.3 Å². The van der Waals surface area contributed by atoms with E-state index in [9.17, 15) is 24.0 Å². The van der Waals surface area contributed by atoms with E-state index in [1.54, 1.807) is 13.0 Å². The van der Waals surface area contributed by atoms with Crippen molar-refractivity contribution < 1.29 is 38.3 Å². The van der Waals surface area contributed by atoms with Crippen molar-refractivity contribution in [3.05, 3.63) is 12.2 Å². The first-order valence-electron chi connectivity index (χ1n) is 10.2. The molecule has 10 nitrogen and oxygen atoms in total. The minimum absolute atomic E-state index is 0.00988. The Hall–Kier alpha value is -2.91. The molecule has 0 aromatic rings. The molecule has 1 heterocycles. The third-order valence-electron chi connectivity index (χ3n) is 4.79. The highest BCUT2D eigenvalue weighted by atomic mass is 16.8. The molecule has 1 N–H and O–H groups in total. The zero-order chi connectivity index (χ0) is 21.9. The van der Waals surface area contributed by atoms with Gasteiger partial charge in [0.1, 0.15) is 6.10 Å². The Labute approximate surface area is 174 Å². The van der Waals surface area contributed by atoms with Crippen LogP contribution in [0.3, 0.4) is 0 Å². The van der Waals surface area contributed by atoms with E-state index in [1.807, 2.05) is 6.08 Å². The van der Waals surface area contributed by atoms with Crippen LogP contribution in [0.15, 0.2) is 12.2 Å². The minimum atomic E-state index is -1.17. The second-order valence-electron chi connectivity index (χ2n) is 7.09. The molecule has 2 aliphatic rings. The monoisotopic (exact) mass is 424 g/mol. The lowest BCUT2D eigenvalue weighted by molar-refractivity contribution is -0.178. The zero-order valence-corrected chi connectivity index (χ0v) is 17.1. The first-order valence-corrected chi connectivity index (χ1v) is 10.2. The van der Waals surface area contributed by atoms with Crippen molar-refractivity contribution in [2.75, 3.05) is 13.2 Å². The van der Waals surface area contributed by atoms with Crippen molar-refractivity contribution >= 4 is 29.8 Å². The number of allylic oxidation sites excluding steroid dienone is 1. The summed E-state index contributed by atoms with van der Waals surface area (Å²) in [6, 6.07) is 0. The predicted octanol–water partition coefficient (Wildman–Crippen LogP) is 1.78. The number of hydrogen-bond donors (Lipinski definition) is 1. The van der Waals surface area contributed by atoms with Crippen molar-refractivity contribution in [1.29, 1.82) is 0 Å². The van der Waals surface area contributed by atoms with Crippen LogP contribution in [0.2, 0.25) is 0 Å². The summed E-state index contributed by atoms with van der Waals surface area (Å²) in [5, 5.41) is 3.09. The van der Waals surface area contributed by atoms with Gasteiger partial charge in [-0.3, -0.25) is 24.0 Å². The highest BCUT2D eigenvalue weighted by molar-refractivity contribution is 6.01. The number of hydrogen-bond acceptors (Lipinski definition) is 8. The van der Waals surface area contributed by atoms with E-state index < -0.39 is 24.1 Å². The molecule has 0 radical (unpaired) electrons. The lowest BCUT2D eigenvalue weighted by Crippen LogP contribution is -2.36. The predicted molar refractivity (Wildman–Crippen MR) is 102 cm³/mol. The maximum absolute atomic E-state index is 12.3. The molecule has 0 saturated carbocycles. The van der Waals surface area contributed by atoms with Crippen LogP contribution in [0.1, 0.15) is 58.3 Å². The summed E-state index contributed by atoms with van der Waals surface area (Å²) in [7, 11) is 0. The van der Waals surface area contributed by atoms with E-state index >= 15 is 0 Å². The van der Waals surface area contributed by atoms with Crippen LogP contribution < -0.4 is 5.32 Å². The molecule has 1 fully saturated rings. The Morgan fingerprint density at radius 1 is 1.17 bits per heavy atom. The molecular weight excluding hydrogens is 396 g/mol. The van der Waals surface area contributed by atoms with E-state index in [0.29, 0.717) is 11.5 Å². The number of rotatable bonds is 8. The number of ether oxygens (including phenoxy) is 2. The van der Waals surface area contributed by atoms with Gasteiger partial charge >= 0.3 is 12.1 Å². The molecule has 2 unspecified atom stereocenters. The summed E-state index contributed by atoms with van der Waals surface area (Å²) < 4.78 is 10.1. The van der Waals surface area contributed by atoms with Gasteiger partial charge in [0.25, 0.3) is 11.8 Å². The topological polar surface area (TPSA) is 128 Å². The zero-order valence-electron chi connectivity index (χ0n) is 17.1. The van der Waals surface area contributed by atoms with Crippen molar-refractivity contribution in [2.24, 2.45) is 5.92 Å². The fourth-order valence-corrected chi connectivity index (χ4v) is 3.29. The number of carbonyl (C=O) groups excluding carboxylic acids is 5. The molecule has 2 rings (SSSR count). The van der Waals surface area contributed by atoms with E-state index in [4.69, 9.17) is 14.3 Å². The number of esters is 1. The van der Waals surface area contributed by atoms with E-state index in [1.165, 1.54) is 0 Å². The van der Waals surface area contributed by atoms with Gasteiger partial charge in [0.15, 0.2) is 0 Å². The molecule has 2 atom stereocenters. The fourth-order valence-electron chi connectivity index (χ4n) is 3.29. The molecule has 10 heteroatoms. The van der Waals surface area contributed by atoms with Gasteiger partial charge in [-0.25, -0.2) is 4.79 Å². The summed E-state index contributed by atoms with van der Waals surface area (Å²) in [6.07, 6.45) is 5.08. The molecule has 166 valence electrons. The Morgan fingerprint density at radius 2 is 1.90 bits per heavy atom. The van der Waals surface area contributed by atoms with Gasteiger partial charge in [0.2, 0.25) is 5.91 Å². The third-order valence-corrected chi connectivity index (χ3v) is 4.79. The van der Waals surface area contributed by atoms with E-state index in [2.05, 4.69) is 5.32 Å². The van der Waals surface area contributed by atoms with Crippen LogP contribution in [-0.2, 0) is 33.5 Å². The third kappa shape index (κ3) is 7.49. The highest BCUT2D eigenvalue weighted by Crippen LogP contribution is 2.25. The quantitative estimate of drug-likeness (QED) is 0.355. The van der Waals surface area contributed by atoms with Crippen LogP contribution >= 0.6 is 0 Å². The Balaban J connectivity index is 1.90. The van der Waals surface area contributed by atoms with Gasteiger partial charge in [0, 0.05) is 31.7 Å². The Bertz CT molecular complexity index is 674. The van der Waals surface area contributed by atoms with Gasteiger partial charge in [-0.2, -0.15) is 0 Å². The molecule has 0 aromatic carbocycles. The lowest BCUT2D eigenvalue weighted by atomic mass is 9.89. The molecule has 1 aliphatic carbocycles. The van der Waals surface area contributed by atoms with Gasteiger partial charge < -0.3 is 14.8 Å². The van der Waals surface area contributed by atoms with Crippen LogP contribution in [0.4, 0.5) is 4.79 Å². The Morgan fingerprint density at radius 3 is 2.60 bits per heavy atom. The number of imide groups is 1. The summed E-state index contributed by atoms with van der Waals surface area (Å²) in [4.78, 5) is 63.7. The number of nitrogens with zero attached hydrogens (tertiary/aromatic N) is 1. The summed E-state index contributed by atoms with van der Waals surface area (Å²) in [5.41, 5.74) is 0. The summed E-state index contributed by atoms with van der Waals surface area (Å²) in [5.74, 6) is -2.15. The normalized spacial score (nSPS) is 22.6. The van der Waals surface area contributed by atoms with Crippen LogP contribution in [0.5, 0.6) is 0 Å². The van der Waals surface area contributed by atoms with Crippen LogP contribution in [0.25, 0.3) is 0 Å².